The highest BCUT2D eigenvalue weighted by Crippen LogP contribution is 2.29. The first-order valence-electron chi connectivity index (χ1n) is 8.56. The number of amides is 2. The maximum atomic E-state index is 12.6. The summed E-state index contributed by atoms with van der Waals surface area (Å²) in [6.07, 6.45) is 0.549. The third-order valence-corrected chi connectivity index (χ3v) is 4.20. The molecule has 140 valence electrons. The lowest BCUT2D eigenvalue weighted by Crippen LogP contribution is -2.36. The summed E-state index contributed by atoms with van der Waals surface area (Å²) in [6.45, 7) is 0.336. The van der Waals surface area contributed by atoms with Gasteiger partial charge in [0.2, 0.25) is 5.91 Å². The van der Waals surface area contributed by atoms with Crippen LogP contribution in [-0.2, 0) is 16.1 Å². The molecule has 0 atom stereocenters. The van der Waals surface area contributed by atoms with Gasteiger partial charge in [0.1, 0.15) is 17.2 Å². The van der Waals surface area contributed by atoms with Crippen LogP contribution in [0.5, 0.6) is 11.5 Å². The Bertz CT molecular complexity index is 865. The number of anilines is 1. The number of nitrogens with one attached hydrogen (secondary N) is 1. The SMILES string of the molecule is COc1ccc(NC(=O)C2=NN(Cc3ccccc3)C(=O)CC2)c(OC)c1. The number of nitrogens with zero attached hydrogens (tertiary/aromatic N) is 2. The zero-order valence-corrected chi connectivity index (χ0v) is 15.3. The minimum atomic E-state index is -0.357. The number of ether oxygens (including phenoxy) is 2. The van der Waals surface area contributed by atoms with E-state index in [-0.39, 0.29) is 18.2 Å². The summed E-state index contributed by atoms with van der Waals surface area (Å²) >= 11 is 0. The van der Waals surface area contributed by atoms with E-state index in [1.54, 1.807) is 25.3 Å². The van der Waals surface area contributed by atoms with Crippen LogP contribution in [0.1, 0.15) is 18.4 Å². The van der Waals surface area contributed by atoms with Gasteiger partial charge in [0.25, 0.3) is 5.91 Å². The quantitative estimate of drug-likeness (QED) is 0.851. The Kier molecular flexibility index (Phi) is 5.71. The van der Waals surface area contributed by atoms with E-state index in [4.69, 9.17) is 9.47 Å². The summed E-state index contributed by atoms with van der Waals surface area (Å²) in [6, 6.07) is 14.7. The minimum Gasteiger partial charge on any atom is -0.497 e. The van der Waals surface area contributed by atoms with E-state index < -0.39 is 0 Å². The molecule has 2 aromatic carbocycles. The van der Waals surface area contributed by atoms with Crippen LogP contribution >= 0.6 is 0 Å². The Morgan fingerprint density at radius 2 is 1.89 bits per heavy atom. The molecule has 7 heteroatoms. The molecule has 0 fully saturated rings. The van der Waals surface area contributed by atoms with E-state index in [1.165, 1.54) is 12.1 Å². The number of carbonyl (C=O) groups excluding carboxylic acids is 2. The smallest absolute Gasteiger partial charge is 0.271 e. The Balaban J connectivity index is 1.76. The summed E-state index contributed by atoms with van der Waals surface area (Å²) in [7, 11) is 3.07. The zero-order chi connectivity index (χ0) is 19.2. The number of benzene rings is 2. The van der Waals surface area contributed by atoms with E-state index in [2.05, 4.69) is 10.4 Å². The van der Waals surface area contributed by atoms with Crippen molar-refractivity contribution in [1.82, 2.24) is 5.01 Å². The van der Waals surface area contributed by atoms with Crippen molar-refractivity contribution in [2.75, 3.05) is 19.5 Å². The molecule has 3 rings (SSSR count). The normalized spacial score (nSPS) is 13.8. The molecule has 0 bridgehead atoms. The Labute approximate surface area is 157 Å². The van der Waals surface area contributed by atoms with Gasteiger partial charge in [-0.2, -0.15) is 5.10 Å². The van der Waals surface area contributed by atoms with Crippen LogP contribution in [0.3, 0.4) is 0 Å². The highest BCUT2D eigenvalue weighted by atomic mass is 16.5. The van der Waals surface area contributed by atoms with Crippen LogP contribution in [0.25, 0.3) is 0 Å². The molecule has 0 saturated carbocycles. The van der Waals surface area contributed by atoms with Gasteiger partial charge >= 0.3 is 0 Å². The summed E-state index contributed by atoms with van der Waals surface area (Å²) in [5, 5.41) is 8.41. The standard InChI is InChI=1S/C20H21N3O4/c1-26-15-8-9-16(18(12-15)27-2)21-20(25)17-10-11-19(24)23(22-17)13-14-6-4-3-5-7-14/h3-9,12H,10-11,13H2,1-2H3,(H,21,25). The molecular weight excluding hydrogens is 346 g/mol. The first-order chi connectivity index (χ1) is 13.1. The second-order valence-corrected chi connectivity index (χ2v) is 6.00. The summed E-state index contributed by atoms with van der Waals surface area (Å²) in [5.41, 5.74) is 1.77. The molecule has 0 radical (unpaired) electrons. The third kappa shape index (κ3) is 4.44. The van der Waals surface area contributed by atoms with Crippen LogP contribution < -0.4 is 14.8 Å². The van der Waals surface area contributed by atoms with Crippen molar-refractivity contribution in [3.05, 3.63) is 54.1 Å². The number of hydrogen-bond acceptors (Lipinski definition) is 5. The molecule has 1 aliphatic rings. The molecule has 0 aromatic heterocycles. The molecule has 0 aliphatic carbocycles. The van der Waals surface area contributed by atoms with Gasteiger partial charge in [-0.15, -0.1) is 0 Å². The zero-order valence-electron chi connectivity index (χ0n) is 15.3. The van der Waals surface area contributed by atoms with Gasteiger partial charge in [-0.3, -0.25) is 9.59 Å². The fourth-order valence-corrected chi connectivity index (χ4v) is 2.74. The van der Waals surface area contributed by atoms with Crippen molar-refractivity contribution in [3.8, 4) is 11.5 Å². The van der Waals surface area contributed by atoms with Crippen LogP contribution in [0.4, 0.5) is 5.69 Å². The number of rotatable bonds is 6. The fraction of sp³-hybridized carbons (Fsp3) is 0.250. The Morgan fingerprint density at radius 1 is 1.11 bits per heavy atom. The van der Waals surface area contributed by atoms with Gasteiger partial charge in [-0.05, 0) is 17.7 Å². The van der Waals surface area contributed by atoms with Crippen molar-refractivity contribution < 1.29 is 19.1 Å². The lowest BCUT2D eigenvalue weighted by Gasteiger charge is -2.23. The van der Waals surface area contributed by atoms with Crippen molar-refractivity contribution >= 4 is 23.2 Å². The maximum absolute atomic E-state index is 12.6. The van der Waals surface area contributed by atoms with Crippen LogP contribution in [-0.4, -0.2) is 36.8 Å². The second-order valence-electron chi connectivity index (χ2n) is 6.00. The van der Waals surface area contributed by atoms with Gasteiger partial charge in [0, 0.05) is 18.9 Å². The molecule has 2 aromatic rings. The van der Waals surface area contributed by atoms with Gasteiger partial charge < -0.3 is 14.8 Å². The second kappa shape index (κ2) is 8.35. The predicted molar refractivity (Wildman–Crippen MR) is 102 cm³/mol. The van der Waals surface area contributed by atoms with Crippen molar-refractivity contribution in [2.24, 2.45) is 5.10 Å². The molecule has 7 nitrogen and oxygen atoms in total. The predicted octanol–water partition coefficient (Wildman–Crippen LogP) is 2.82. The lowest BCUT2D eigenvalue weighted by atomic mass is 10.1. The van der Waals surface area contributed by atoms with Gasteiger partial charge in [-0.25, -0.2) is 5.01 Å². The number of carbonyl (C=O) groups is 2. The molecule has 0 unspecified atom stereocenters. The van der Waals surface area contributed by atoms with E-state index in [0.717, 1.165) is 5.56 Å². The largest absolute Gasteiger partial charge is 0.497 e. The first kappa shape index (κ1) is 18.4. The molecule has 2 amide bonds. The van der Waals surface area contributed by atoms with E-state index >= 15 is 0 Å². The Hall–Kier alpha value is -3.35. The highest BCUT2D eigenvalue weighted by molar-refractivity contribution is 6.43. The molecular formula is C20H21N3O4. The summed E-state index contributed by atoms with van der Waals surface area (Å²) in [5.74, 6) is 0.650. The molecule has 1 aliphatic heterocycles. The molecule has 27 heavy (non-hydrogen) atoms. The molecule has 1 N–H and O–H groups in total. The number of methoxy groups -OCH3 is 2. The average molecular weight is 367 g/mol. The fourth-order valence-electron chi connectivity index (χ4n) is 2.74. The van der Waals surface area contributed by atoms with E-state index in [1.807, 2.05) is 30.3 Å². The van der Waals surface area contributed by atoms with E-state index in [9.17, 15) is 9.59 Å². The number of hydrazone groups is 1. The highest BCUT2D eigenvalue weighted by Gasteiger charge is 2.25. The summed E-state index contributed by atoms with van der Waals surface area (Å²) < 4.78 is 10.4. The van der Waals surface area contributed by atoms with Gasteiger partial charge in [0.15, 0.2) is 0 Å². The van der Waals surface area contributed by atoms with Gasteiger partial charge in [-0.1, -0.05) is 30.3 Å². The lowest BCUT2D eigenvalue weighted by molar-refractivity contribution is -0.132. The molecule has 0 saturated heterocycles. The topological polar surface area (TPSA) is 80.2 Å². The maximum Gasteiger partial charge on any atom is 0.271 e. The van der Waals surface area contributed by atoms with Gasteiger partial charge in [0.05, 0.1) is 26.5 Å². The van der Waals surface area contributed by atoms with Crippen molar-refractivity contribution in [2.45, 2.75) is 19.4 Å². The van der Waals surface area contributed by atoms with Crippen LogP contribution in [0.15, 0.2) is 53.6 Å². The molecule has 0 spiro atoms. The van der Waals surface area contributed by atoms with Crippen LogP contribution in [0, 0.1) is 0 Å². The molecule has 1 heterocycles. The van der Waals surface area contributed by atoms with Crippen LogP contribution in [0.2, 0.25) is 0 Å². The average Bonchev–Trinajstić information content (AvgIpc) is 2.70. The first-order valence-corrected chi connectivity index (χ1v) is 8.56. The monoisotopic (exact) mass is 367 g/mol. The Morgan fingerprint density at radius 3 is 2.59 bits per heavy atom. The van der Waals surface area contributed by atoms with E-state index in [0.29, 0.717) is 35.9 Å². The van der Waals surface area contributed by atoms with Crippen molar-refractivity contribution in [3.63, 3.8) is 0 Å². The number of hydrogen-bond donors (Lipinski definition) is 1. The van der Waals surface area contributed by atoms with Crippen molar-refractivity contribution in [1.29, 1.82) is 0 Å². The summed E-state index contributed by atoms with van der Waals surface area (Å²) in [4.78, 5) is 24.8. The third-order valence-electron chi connectivity index (χ3n) is 4.20. The minimum absolute atomic E-state index is 0.0996.